The molecule has 0 aliphatic carbocycles. The minimum Gasteiger partial charge on any atom is -0.294 e. The van der Waals surface area contributed by atoms with E-state index in [-0.39, 0.29) is 5.78 Å². The molecule has 1 aromatic carbocycles. The molecular weight excluding hydrogens is 284 g/mol. The van der Waals surface area contributed by atoms with Crippen LogP contribution in [0.15, 0.2) is 30.5 Å². The molecule has 2 aromatic rings. The molecule has 0 aliphatic heterocycles. The molecule has 0 spiro atoms. The minimum absolute atomic E-state index is 0.0824. The van der Waals surface area contributed by atoms with Crippen molar-refractivity contribution in [3.05, 3.63) is 52.3 Å². The molecule has 0 N–H and O–H groups in total. The lowest BCUT2D eigenvalue weighted by Gasteiger charge is -2.12. The van der Waals surface area contributed by atoms with Crippen LogP contribution in [-0.4, -0.2) is 15.6 Å². The molecule has 0 saturated heterocycles. The Bertz CT molecular complexity index is 629. The molecule has 0 bridgehead atoms. The normalized spacial score (nSPS) is 11.1. The average Bonchev–Trinajstić information content (AvgIpc) is 2.88. The van der Waals surface area contributed by atoms with E-state index in [9.17, 15) is 4.79 Å². The fourth-order valence-electron chi connectivity index (χ4n) is 2.54. The number of Topliss-reactive ketones (excluding diaryl/α,β-unsaturated/α-hetero) is 1. The Kier molecular flexibility index (Phi) is 5.18. The summed E-state index contributed by atoms with van der Waals surface area (Å²) in [7, 11) is 0. The standard InChI is InChI=1S/C17H21ClN2O/c1-4-15(5-2)20-9-8-14(19-20)11-17(21)16-7-6-13(18)10-12(16)3/h6-10,15H,4-5,11H2,1-3H3. The Morgan fingerprint density at radius 2 is 2.00 bits per heavy atom. The molecule has 0 saturated carbocycles. The van der Waals surface area contributed by atoms with Crippen LogP contribution in [0.2, 0.25) is 5.02 Å². The van der Waals surface area contributed by atoms with Crippen molar-refractivity contribution < 1.29 is 4.79 Å². The molecule has 0 aliphatic rings. The van der Waals surface area contributed by atoms with E-state index in [2.05, 4.69) is 18.9 Å². The van der Waals surface area contributed by atoms with Gasteiger partial charge in [0.2, 0.25) is 0 Å². The van der Waals surface area contributed by atoms with Gasteiger partial charge in [-0.2, -0.15) is 5.10 Å². The highest BCUT2D eigenvalue weighted by Crippen LogP contribution is 2.18. The Hall–Kier alpha value is -1.61. The molecule has 0 unspecified atom stereocenters. The van der Waals surface area contributed by atoms with Gasteiger partial charge in [-0.15, -0.1) is 0 Å². The fourth-order valence-corrected chi connectivity index (χ4v) is 2.76. The zero-order chi connectivity index (χ0) is 15.4. The number of ketones is 1. The predicted octanol–water partition coefficient (Wildman–Crippen LogP) is 4.63. The monoisotopic (exact) mass is 304 g/mol. The number of rotatable bonds is 6. The Labute approximate surface area is 130 Å². The van der Waals surface area contributed by atoms with Gasteiger partial charge in [0.25, 0.3) is 0 Å². The molecule has 1 aromatic heterocycles. The molecule has 2 rings (SSSR count). The predicted molar refractivity (Wildman–Crippen MR) is 86.1 cm³/mol. The Morgan fingerprint density at radius 1 is 1.29 bits per heavy atom. The summed E-state index contributed by atoms with van der Waals surface area (Å²) in [5.41, 5.74) is 2.45. The lowest BCUT2D eigenvalue weighted by atomic mass is 10.0. The topological polar surface area (TPSA) is 34.9 Å². The van der Waals surface area contributed by atoms with Gasteiger partial charge in [0.15, 0.2) is 5.78 Å². The van der Waals surface area contributed by atoms with Crippen LogP contribution in [0.4, 0.5) is 0 Å². The zero-order valence-electron chi connectivity index (χ0n) is 12.8. The third-order valence-corrected chi connectivity index (χ3v) is 4.05. The first-order valence-corrected chi connectivity index (χ1v) is 7.76. The van der Waals surface area contributed by atoms with Crippen molar-refractivity contribution in [3.8, 4) is 0 Å². The maximum Gasteiger partial charge on any atom is 0.169 e. The van der Waals surface area contributed by atoms with E-state index in [1.165, 1.54) is 0 Å². The summed E-state index contributed by atoms with van der Waals surface area (Å²) in [5, 5.41) is 5.19. The van der Waals surface area contributed by atoms with Crippen LogP contribution >= 0.6 is 11.6 Å². The number of hydrogen-bond acceptors (Lipinski definition) is 2. The number of aromatic nitrogens is 2. The maximum absolute atomic E-state index is 12.4. The number of carbonyl (C=O) groups is 1. The number of nitrogens with zero attached hydrogens (tertiary/aromatic N) is 2. The molecule has 0 atom stereocenters. The second-order valence-corrected chi connectivity index (χ2v) is 5.75. The van der Waals surface area contributed by atoms with Crippen molar-refractivity contribution in [3.63, 3.8) is 0 Å². The van der Waals surface area contributed by atoms with Crippen molar-refractivity contribution in [2.24, 2.45) is 0 Å². The quantitative estimate of drug-likeness (QED) is 0.729. The van der Waals surface area contributed by atoms with Crippen LogP contribution < -0.4 is 0 Å². The van der Waals surface area contributed by atoms with Crippen molar-refractivity contribution in [2.45, 2.75) is 46.1 Å². The lowest BCUT2D eigenvalue weighted by Crippen LogP contribution is -2.10. The summed E-state index contributed by atoms with van der Waals surface area (Å²) < 4.78 is 1.97. The van der Waals surface area contributed by atoms with Crippen LogP contribution in [0.1, 0.15) is 54.3 Å². The molecule has 112 valence electrons. The van der Waals surface area contributed by atoms with Crippen molar-refractivity contribution >= 4 is 17.4 Å². The van der Waals surface area contributed by atoms with Crippen LogP contribution in [0.25, 0.3) is 0 Å². The summed E-state index contributed by atoms with van der Waals surface area (Å²) in [6.45, 7) is 6.21. The Balaban J connectivity index is 2.13. The Morgan fingerprint density at radius 3 is 2.62 bits per heavy atom. The minimum atomic E-state index is 0.0824. The van der Waals surface area contributed by atoms with E-state index in [4.69, 9.17) is 11.6 Å². The summed E-state index contributed by atoms with van der Waals surface area (Å²) in [5.74, 6) is 0.0824. The zero-order valence-corrected chi connectivity index (χ0v) is 13.5. The summed E-state index contributed by atoms with van der Waals surface area (Å²) in [6, 6.07) is 7.70. The number of carbonyl (C=O) groups excluding carboxylic acids is 1. The van der Waals surface area contributed by atoms with Crippen molar-refractivity contribution in [2.75, 3.05) is 0 Å². The van der Waals surface area contributed by atoms with Gasteiger partial charge < -0.3 is 0 Å². The summed E-state index contributed by atoms with van der Waals surface area (Å²) in [6.07, 6.45) is 4.38. The molecule has 0 radical (unpaired) electrons. The van der Waals surface area contributed by atoms with Crippen molar-refractivity contribution in [1.82, 2.24) is 9.78 Å². The van der Waals surface area contributed by atoms with Gasteiger partial charge in [0.1, 0.15) is 0 Å². The molecule has 21 heavy (non-hydrogen) atoms. The highest BCUT2D eigenvalue weighted by atomic mass is 35.5. The lowest BCUT2D eigenvalue weighted by molar-refractivity contribution is 0.0991. The second-order valence-electron chi connectivity index (χ2n) is 5.32. The van der Waals surface area contributed by atoms with Gasteiger partial charge in [-0.1, -0.05) is 25.4 Å². The largest absolute Gasteiger partial charge is 0.294 e. The number of aryl methyl sites for hydroxylation is 1. The van der Waals surface area contributed by atoms with Crippen molar-refractivity contribution in [1.29, 1.82) is 0 Å². The van der Waals surface area contributed by atoms with Gasteiger partial charge in [-0.05, 0) is 49.6 Å². The SMILES string of the molecule is CCC(CC)n1ccc(CC(=O)c2ccc(Cl)cc2C)n1. The number of benzene rings is 1. The summed E-state index contributed by atoms with van der Waals surface area (Å²) in [4.78, 5) is 12.4. The molecule has 1 heterocycles. The molecule has 0 fully saturated rings. The molecule has 4 heteroatoms. The van der Waals surface area contributed by atoms with Crippen LogP contribution in [0.3, 0.4) is 0 Å². The highest BCUT2D eigenvalue weighted by Gasteiger charge is 2.13. The van der Waals surface area contributed by atoms with Crippen LogP contribution in [0, 0.1) is 6.92 Å². The molecular formula is C17H21ClN2O. The number of hydrogen-bond donors (Lipinski definition) is 0. The average molecular weight is 305 g/mol. The molecule has 0 amide bonds. The maximum atomic E-state index is 12.4. The van der Waals surface area contributed by atoms with Gasteiger partial charge in [0, 0.05) is 16.8 Å². The first kappa shape index (κ1) is 15.8. The van der Waals surface area contributed by atoms with Crippen LogP contribution in [0.5, 0.6) is 0 Å². The van der Waals surface area contributed by atoms with E-state index in [0.29, 0.717) is 17.5 Å². The van der Waals surface area contributed by atoms with Gasteiger partial charge in [-0.25, -0.2) is 0 Å². The van der Waals surface area contributed by atoms with E-state index in [0.717, 1.165) is 29.7 Å². The smallest absolute Gasteiger partial charge is 0.169 e. The first-order valence-electron chi connectivity index (χ1n) is 7.38. The second kappa shape index (κ2) is 6.90. The third kappa shape index (κ3) is 3.73. The summed E-state index contributed by atoms with van der Waals surface area (Å²) >= 11 is 5.92. The fraction of sp³-hybridized carbons (Fsp3) is 0.412. The first-order chi connectivity index (χ1) is 10.0. The van der Waals surface area contributed by atoms with Crippen LogP contribution in [-0.2, 0) is 6.42 Å². The van der Waals surface area contributed by atoms with Gasteiger partial charge in [0.05, 0.1) is 18.2 Å². The highest BCUT2D eigenvalue weighted by molar-refractivity contribution is 6.30. The van der Waals surface area contributed by atoms with Gasteiger partial charge >= 0.3 is 0 Å². The van der Waals surface area contributed by atoms with E-state index in [1.807, 2.05) is 29.9 Å². The molecule has 3 nitrogen and oxygen atoms in total. The van der Waals surface area contributed by atoms with Gasteiger partial charge in [-0.3, -0.25) is 9.48 Å². The number of halogens is 1. The third-order valence-electron chi connectivity index (χ3n) is 3.81. The van der Waals surface area contributed by atoms with E-state index < -0.39 is 0 Å². The van der Waals surface area contributed by atoms with E-state index in [1.54, 1.807) is 12.1 Å². The van der Waals surface area contributed by atoms with E-state index >= 15 is 0 Å².